The Labute approximate surface area is 169 Å². The van der Waals surface area contributed by atoms with E-state index < -0.39 is 14.0 Å². The summed E-state index contributed by atoms with van der Waals surface area (Å²) in [6.07, 6.45) is 0.588. The smallest absolute Gasteiger partial charge is 0.342 e. The summed E-state index contributed by atoms with van der Waals surface area (Å²) in [5, 5.41) is 0. The van der Waals surface area contributed by atoms with Gasteiger partial charge in [-0.3, -0.25) is 4.79 Å². The van der Waals surface area contributed by atoms with E-state index in [-0.39, 0.29) is 18.1 Å². The lowest BCUT2D eigenvalue weighted by Crippen LogP contribution is -2.23. The lowest BCUT2D eigenvalue weighted by atomic mass is 9.93. The van der Waals surface area contributed by atoms with Gasteiger partial charge in [0.05, 0.1) is 20.8 Å². The van der Waals surface area contributed by atoms with Crippen molar-refractivity contribution in [2.75, 3.05) is 20.8 Å². The van der Waals surface area contributed by atoms with E-state index in [1.807, 2.05) is 6.92 Å². The first-order valence-corrected chi connectivity index (χ1v) is 13.2. The molecule has 1 rings (SSSR count). The minimum atomic E-state index is -1.32. The van der Waals surface area contributed by atoms with Crippen molar-refractivity contribution in [1.82, 2.24) is 0 Å². The quantitative estimate of drug-likeness (QED) is 0.329. The molecule has 0 saturated heterocycles. The Morgan fingerprint density at radius 3 is 2.36 bits per heavy atom. The molecule has 6 heteroatoms. The molecule has 0 unspecified atom stereocenters. The standard InChI is InChI=1S/C22H32O5Si/c1-8-9-10-16(2)19(23)14-17-13-18(25-3)15-20(26-4)21(17)22(24)27-11-12-28(5,6)7/h13,15-16H,10-12,14H2,1-7H3/t16-/m0/s1. The molecule has 28 heavy (non-hydrogen) atoms. The number of rotatable bonds is 10. The van der Waals surface area contributed by atoms with Crippen LogP contribution in [-0.2, 0) is 16.0 Å². The van der Waals surface area contributed by atoms with E-state index in [0.29, 0.717) is 35.7 Å². The van der Waals surface area contributed by atoms with E-state index in [1.165, 1.54) is 14.2 Å². The van der Waals surface area contributed by atoms with Gasteiger partial charge in [0.15, 0.2) is 0 Å². The number of Topliss-reactive ketones (excluding diaryl/α,β-unsaturated/α-hetero) is 1. The summed E-state index contributed by atoms with van der Waals surface area (Å²) in [5.41, 5.74) is 0.844. The summed E-state index contributed by atoms with van der Waals surface area (Å²) in [6.45, 7) is 10.6. The molecule has 0 radical (unpaired) electrons. The maximum absolute atomic E-state index is 12.8. The van der Waals surface area contributed by atoms with Gasteiger partial charge in [0, 0.05) is 32.9 Å². The van der Waals surface area contributed by atoms with Crippen LogP contribution in [0, 0.1) is 17.8 Å². The van der Waals surface area contributed by atoms with Gasteiger partial charge in [0.2, 0.25) is 0 Å². The van der Waals surface area contributed by atoms with Crippen molar-refractivity contribution < 1.29 is 23.8 Å². The Balaban J connectivity index is 3.16. The largest absolute Gasteiger partial charge is 0.497 e. The van der Waals surface area contributed by atoms with Crippen LogP contribution in [0.4, 0.5) is 0 Å². The molecule has 0 heterocycles. The first kappa shape index (κ1) is 23.8. The van der Waals surface area contributed by atoms with Crippen molar-refractivity contribution >= 4 is 19.8 Å². The molecule has 0 bridgehead atoms. The molecular weight excluding hydrogens is 372 g/mol. The average Bonchev–Trinajstić information content (AvgIpc) is 2.63. The number of ether oxygens (including phenoxy) is 3. The molecule has 0 saturated carbocycles. The molecule has 0 aliphatic carbocycles. The summed E-state index contributed by atoms with van der Waals surface area (Å²) in [4.78, 5) is 25.4. The van der Waals surface area contributed by atoms with Crippen LogP contribution in [0.3, 0.4) is 0 Å². The topological polar surface area (TPSA) is 61.8 Å². The van der Waals surface area contributed by atoms with Crippen molar-refractivity contribution in [3.05, 3.63) is 23.3 Å². The third kappa shape index (κ3) is 7.39. The maximum atomic E-state index is 12.8. The summed E-state index contributed by atoms with van der Waals surface area (Å²) in [7, 11) is 1.69. The molecule has 5 nitrogen and oxygen atoms in total. The van der Waals surface area contributed by atoms with Gasteiger partial charge >= 0.3 is 5.97 Å². The number of methoxy groups -OCH3 is 2. The summed E-state index contributed by atoms with van der Waals surface area (Å²) in [5.74, 6) is 5.93. The second-order valence-corrected chi connectivity index (χ2v) is 13.6. The predicted molar refractivity (Wildman–Crippen MR) is 114 cm³/mol. The number of carbonyl (C=O) groups excluding carboxylic acids is 2. The lowest BCUT2D eigenvalue weighted by Gasteiger charge is -2.18. The Bertz CT molecular complexity index is 753. The summed E-state index contributed by atoms with van der Waals surface area (Å²) < 4.78 is 16.2. The predicted octanol–water partition coefficient (Wildman–Crippen LogP) is 4.36. The van der Waals surface area contributed by atoms with Crippen LogP contribution >= 0.6 is 0 Å². The number of benzene rings is 1. The number of carbonyl (C=O) groups is 2. The van der Waals surface area contributed by atoms with Crippen LogP contribution in [-0.4, -0.2) is 40.7 Å². The van der Waals surface area contributed by atoms with Gasteiger partial charge in [-0.25, -0.2) is 4.79 Å². The monoisotopic (exact) mass is 404 g/mol. The van der Waals surface area contributed by atoms with Crippen LogP contribution in [0.5, 0.6) is 11.5 Å². The highest BCUT2D eigenvalue weighted by Gasteiger charge is 2.24. The first-order valence-electron chi connectivity index (χ1n) is 9.47. The van der Waals surface area contributed by atoms with E-state index in [1.54, 1.807) is 19.1 Å². The SMILES string of the molecule is CC#CC[C@H](C)C(=O)Cc1cc(OC)cc(OC)c1C(=O)OCC[Si](C)(C)C. The fourth-order valence-corrected chi connectivity index (χ4v) is 3.26. The van der Waals surface area contributed by atoms with E-state index in [9.17, 15) is 9.59 Å². The maximum Gasteiger partial charge on any atom is 0.342 e. The van der Waals surface area contributed by atoms with Gasteiger partial charge < -0.3 is 14.2 Å². The number of hydrogen-bond donors (Lipinski definition) is 0. The molecule has 0 fully saturated rings. The second kappa shape index (κ2) is 10.9. The second-order valence-electron chi connectivity index (χ2n) is 7.99. The third-order valence-electron chi connectivity index (χ3n) is 4.40. The number of hydrogen-bond acceptors (Lipinski definition) is 5. The zero-order chi connectivity index (χ0) is 21.3. The van der Waals surface area contributed by atoms with Gasteiger partial charge in [-0.15, -0.1) is 11.8 Å². The van der Waals surface area contributed by atoms with E-state index >= 15 is 0 Å². The highest BCUT2D eigenvalue weighted by Crippen LogP contribution is 2.31. The van der Waals surface area contributed by atoms with Crippen LogP contribution in [0.15, 0.2) is 12.1 Å². The van der Waals surface area contributed by atoms with Crippen LogP contribution in [0.1, 0.15) is 36.2 Å². The average molecular weight is 405 g/mol. The van der Waals surface area contributed by atoms with Crippen LogP contribution in [0.2, 0.25) is 25.7 Å². The minimum Gasteiger partial charge on any atom is -0.497 e. The fourth-order valence-electron chi connectivity index (χ4n) is 2.55. The molecule has 0 aliphatic heterocycles. The van der Waals surface area contributed by atoms with Gasteiger partial charge in [-0.2, -0.15) is 0 Å². The molecule has 0 N–H and O–H groups in total. The van der Waals surface area contributed by atoms with Crippen LogP contribution in [0.25, 0.3) is 0 Å². The van der Waals surface area contributed by atoms with E-state index in [2.05, 4.69) is 31.5 Å². The van der Waals surface area contributed by atoms with Crippen molar-refractivity contribution in [2.24, 2.45) is 5.92 Å². The zero-order valence-corrected chi connectivity index (χ0v) is 19.1. The molecule has 0 amide bonds. The normalized spacial score (nSPS) is 11.8. The Hall–Kier alpha value is -2.26. The third-order valence-corrected chi connectivity index (χ3v) is 6.11. The van der Waals surface area contributed by atoms with Gasteiger partial charge in [0.1, 0.15) is 22.8 Å². The number of esters is 1. The molecule has 1 atom stereocenters. The fraction of sp³-hybridized carbons (Fsp3) is 0.545. The highest BCUT2D eigenvalue weighted by molar-refractivity contribution is 6.76. The molecule has 154 valence electrons. The Kier molecular flexibility index (Phi) is 9.27. The Morgan fingerprint density at radius 2 is 1.82 bits per heavy atom. The zero-order valence-electron chi connectivity index (χ0n) is 18.1. The van der Waals surface area contributed by atoms with Crippen molar-refractivity contribution in [3.63, 3.8) is 0 Å². The molecule has 1 aromatic rings. The lowest BCUT2D eigenvalue weighted by molar-refractivity contribution is -0.121. The Morgan fingerprint density at radius 1 is 1.14 bits per heavy atom. The number of ketones is 1. The van der Waals surface area contributed by atoms with E-state index in [4.69, 9.17) is 14.2 Å². The van der Waals surface area contributed by atoms with Crippen LogP contribution < -0.4 is 9.47 Å². The van der Waals surface area contributed by atoms with E-state index in [0.717, 1.165) is 6.04 Å². The first-order chi connectivity index (χ1) is 13.1. The van der Waals surface area contributed by atoms with Gasteiger partial charge in [-0.05, 0) is 24.6 Å². The molecule has 0 aromatic heterocycles. The van der Waals surface area contributed by atoms with Gasteiger partial charge in [-0.1, -0.05) is 26.6 Å². The molecular formula is C22H32O5Si. The summed E-state index contributed by atoms with van der Waals surface area (Å²) in [6, 6.07) is 4.21. The highest BCUT2D eigenvalue weighted by atomic mass is 28.3. The van der Waals surface area contributed by atoms with Crippen molar-refractivity contribution in [2.45, 2.75) is 52.4 Å². The minimum absolute atomic E-state index is 0.00852. The summed E-state index contributed by atoms with van der Waals surface area (Å²) >= 11 is 0. The molecule has 0 aliphatic rings. The van der Waals surface area contributed by atoms with Gasteiger partial charge in [0.25, 0.3) is 0 Å². The molecule has 1 aromatic carbocycles. The molecule has 0 spiro atoms. The van der Waals surface area contributed by atoms with Crippen molar-refractivity contribution in [3.8, 4) is 23.3 Å². The van der Waals surface area contributed by atoms with Crippen molar-refractivity contribution in [1.29, 1.82) is 0 Å².